The summed E-state index contributed by atoms with van der Waals surface area (Å²) in [7, 11) is 0. The highest BCUT2D eigenvalue weighted by Crippen LogP contribution is 2.43. The van der Waals surface area contributed by atoms with Crippen LogP contribution >= 0.6 is 0 Å². The van der Waals surface area contributed by atoms with Crippen LogP contribution < -0.4 is 0 Å². The summed E-state index contributed by atoms with van der Waals surface area (Å²) in [5, 5.41) is 0. The molecule has 0 amide bonds. The predicted octanol–water partition coefficient (Wildman–Crippen LogP) is 6.40. The molecule has 0 nitrogen and oxygen atoms in total. The van der Waals surface area contributed by atoms with E-state index in [4.69, 9.17) is 0 Å². The van der Waals surface area contributed by atoms with Crippen LogP contribution in [-0.4, -0.2) is 0 Å². The van der Waals surface area contributed by atoms with Gasteiger partial charge in [-0.3, -0.25) is 0 Å². The van der Waals surface area contributed by atoms with Gasteiger partial charge in [-0.05, 0) is 30.2 Å². The zero-order valence-corrected chi connectivity index (χ0v) is 12.3. The van der Waals surface area contributed by atoms with E-state index in [1.807, 2.05) is 0 Å². The van der Waals surface area contributed by atoms with Gasteiger partial charge < -0.3 is 0 Å². The van der Waals surface area contributed by atoms with Crippen LogP contribution in [0.5, 0.6) is 0 Å². The first-order valence-electron chi connectivity index (χ1n) is 6.48. The van der Waals surface area contributed by atoms with Crippen LogP contribution in [0.3, 0.4) is 0 Å². The fourth-order valence-electron chi connectivity index (χ4n) is 2.31. The SMILES string of the molecule is Cc1c(C(F)(F)F)cc(-c2c(F)c(F)c(F)c(F)c2F)cc1C(F)(F)F. The van der Waals surface area contributed by atoms with Gasteiger partial charge in [0, 0.05) is 0 Å². The fraction of sp³-hybridized carbons (Fsp3) is 0.200. The van der Waals surface area contributed by atoms with Crippen LogP contribution in [0.4, 0.5) is 48.3 Å². The van der Waals surface area contributed by atoms with Gasteiger partial charge in [-0.1, -0.05) is 0 Å². The van der Waals surface area contributed by atoms with E-state index >= 15 is 0 Å². The first-order chi connectivity index (χ1) is 11.7. The summed E-state index contributed by atoms with van der Waals surface area (Å²) in [6, 6.07) is -0.217. The summed E-state index contributed by atoms with van der Waals surface area (Å²) in [6.45, 7) is 0.466. The molecule has 0 atom stereocenters. The van der Waals surface area contributed by atoms with Gasteiger partial charge >= 0.3 is 12.4 Å². The average Bonchev–Trinajstić information content (AvgIpc) is 2.50. The summed E-state index contributed by atoms with van der Waals surface area (Å²) < 4.78 is 145. The molecule has 2 rings (SSSR count). The van der Waals surface area contributed by atoms with Crippen LogP contribution in [0.1, 0.15) is 16.7 Å². The molecule has 2 aromatic carbocycles. The van der Waals surface area contributed by atoms with E-state index in [-0.39, 0.29) is 12.1 Å². The van der Waals surface area contributed by atoms with Crippen molar-refractivity contribution >= 4 is 0 Å². The number of alkyl halides is 6. The fourth-order valence-corrected chi connectivity index (χ4v) is 2.31. The second-order valence-electron chi connectivity index (χ2n) is 5.14. The van der Waals surface area contributed by atoms with E-state index in [0.717, 1.165) is 0 Å². The van der Waals surface area contributed by atoms with E-state index in [0.29, 0.717) is 6.92 Å². The Morgan fingerprint density at radius 3 is 1.19 bits per heavy atom. The predicted molar refractivity (Wildman–Crippen MR) is 66.4 cm³/mol. The first-order valence-corrected chi connectivity index (χ1v) is 6.48. The van der Waals surface area contributed by atoms with E-state index in [2.05, 4.69) is 0 Å². The molecule has 0 fully saturated rings. The Bertz CT molecular complexity index is 811. The second kappa shape index (κ2) is 6.13. The zero-order valence-electron chi connectivity index (χ0n) is 12.3. The highest BCUT2D eigenvalue weighted by molar-refractivity contribution is 5.68. The van der Waals surface area contributed by atoms with Gasteiger partial charge in [-0.25, -0.2) is 22.0 Å². The van der Waals surface area contributed by atoms with Crippen LogP contribution in [0.2, 0.25) is 0 Å². The number of rotatable bonds is 1. The monoisotopic (exact) mass is 394 g/mol. The van der Waals surface area contributed by atoms with Crippen LogP contribution in [0.25, 0.3) is 11.1 Å². The Hall–Kier alpha value is -2.33. The third-order valence-corrected chi connectivity index (χ3v) is 3.52. The topological polar surface area (TPSA) is 0 Å². The summed E-state index contributed by atoms with van der Waals surface area (Å²) in [5.41, 5.74) is -8.50. The van der Waals surface area contributed by atoms with Gasteiger partial charge in [0.25, 0.3) is 0 Å². The van der Waals surface area contributed by atoms with Crippen LogP contribution in [0, 0.1) is 36.0 Å². The summed E-state index contributed by atoms with van der Waals surface area (Å²) in [4.78, 5) is 0. The van der Waals surface area contributed by atoms with E-state index in [1.165, 1.54) is 0 Å². The molecule has 11 heteroatoms. The number of hydrogen-bond acceptors (Lipinski definition) is 0. The molecule has 0 aliphatic heterocycles. The molecule has 0 N–H and O–H groups in total. The van der Waals surface area contributed by atoms with E-state index in [9.17, 15) is 48.3 Å². The summed E-state index contributed by atoms with van der Waals surface area (Å²) >= 11 is 0. The lowest BCUT2D eigenvalue weighted by atomic mass is 9.93. The highest BCUT2D eigenvalue weighted by Gasteiger charge is 2.41. The van der Waals surface area contributed by atoms with Crippen molar-refractivity contribution in [2.45, 2.75) is 19.3 Å². The van der Waals surface area contributed by atoms with Crippen molar-refractivity contribution in [2.24, 2.45) is 0 Å². The standard InChI is InChI=1S/C15H5F11/c1-4-6(14(21,22)23)2-5(3-7(4)15(24,25)26)8-9(16)11(18)13(20)12(19)10(8)17/h2-3H,1H3. The summed E-state index contributed by atoms with van der Waals surface area (Å²) in [6.07, 6.45) is -10.7. The first kappa shape index (κ1) is 20.0. The zero-order chi connectivity index (χ0) is 20.2. The molecule has 142 valence electrons. The van der Waals surface area contributed by atoms with E-state index < -0.39 is 69.3 Å². The van der Waals surface area contributed by atoms with Crippen molar-refractivity contribution in [3.63, 3.8) is 0 Å². The van der Waals surface area contributed by atoms with Crippen molar-refractivity contribution in [1.82, 2.24) is 0 Å². The lowest BCUT2D eigenvalue weighted by Gasteiger charge is -2.19. The average molecular weight is 394 g/mol. The van der Waals surface area contributed by atoms with Crippen LogP contribution in [-0.2, 0) is 12.4 Å². The highest BCUT2D eigenvalue weighted by atomic mass is 19.4. The number of benzene rings is 2. The lowest BCUT2D eigenvalue weighted by molar-refractivity contribution is -0.143. The molecular weight excluding hydrogens is 389 g/mol. The molecule has 0 radical (unpaired) electrons. The van der Waals surface area contributed by atoms with E-state index in [1.54, 1.807) is 0 Å². The maximum absolute atomic E-state index is 13.8. The Morgan fingerprint density at radius 2 is 0.885 bits per heavy atom. The molecule has 0 saturated heterocycles. The normalized spacial score (nSPS) is 12.6. The van der Waals surface area contributed by atoms with Crippen molar-refractivity contribution in [3.8, 4) is 11.1 Å². The van der Waals surface area contributed by atoms with Gasteiger partial charge in [0.1, 0.15) is 0 Å². The molecule has 0 aromatic heterocycles. The molecule has 0 saturated carbocycles. The quantitative estimate of drug-likeness (QED) is 0.299. The molecule has 0 bridgehead atoms. The minimum Gasteiger partial charge on any atom is -0.203 e. The Balaban J connectivity index is 2.97. The van der Waals surface area contributed by atoms with Crippen molar-refractivity contribution in [2.75, 3.05) is 0 Å². The molecule has 26 heavy (non-hydrogen) atoms. The Labute approximate surface area is 137 Å². The van der Waals surface area contributed by atoms with Crippen molar-refractivity contribution in [1.29, 1.82) is 0 Å². The van der Waals surface area contributed by atoms with Crippen molar-refractivity contribution < 1.29 is 48.3 Å². The largest absolute Gasteiger partial charge is 0.416 e. The Morgan fingerprint density at radius 1 is 0.577 bits per heavy atom. The minimum atomic E-state index is -5.37. The summed E-state index contributed by atoms with van der Waals surface area (Å²) in [5.74, 6) is -12.7. The molecule has 0 aliphatic carbocycles. The smallest absolute Gasteiger partial charge is 0.203 e. The number of hydrogen-bond donors (Lipinski definition) is 0. The lowest BCUT2D eigenvalue weighted by Crippen LogP contribution is -2.15. The van der Waals surface area contributed by atoms with Gasteiger partial charge in [0.15, 0.2) is 23.3 Å². The molecule has 0 spiro atoms. The molecule has 0 unspecified atom stereocenters. The van der Waals surface area contributed by atoms with Gasteiger partial charge in [-0.15, -0.1) is 0 Å². The van der Waals surface area contributed by atoms with Crippen molar-refractivity contribution in [3.05, 3.63) is 57.9 Å². The maximum Gasteiger partial charge on any atom is 0.416 e. The molecular formula is C15H5F11. The van der Waals surface area contributed by atoms with Gasteiger partial charge in [0.2, 0.25) is 5.82 Å². The number of halogens is 11. The minimum absolute atomic E-state index is 0.108. The third-order valence-electron chi connectivity index (χ3n) is 3.52. The van der Waals surface area contributed by atoms with Gasteiger partial charge in [-0.2, -0.15) is 26.3 Å². The second-order valence-corrected chi connectivity index (χ2v) is 5.14. The van der Waals surface area contributed by atoms with Crippen LogP contribution in [0.15, 0.2) is 12.1 Å². The third kappa shape index (κ3) is 3.21. The molecule has 2 aromatic rings. The molecule has 0 heterocycles. The maximum atomic E-state index is 13.8. The Kier molecular flexibility index (Phi) is 4.71. The molecule has 0 aliphatic rings. The van der Waals surface area contributed by atoms with Gasteiger partial charge in [0.05, 0.1) is 16.7 Å².